The van der Waals surface area contributed by atoms with E-state index in [0.717, 1.165) is 0 Å². The zero-order valence-electron chi connectivity index (χ0n) is 12.8. The van der Waals surface area contributed by atoms with Gasteiger partial charge in [0, 0.05) is 18.0 Å². The first kappa shape index (κ1) is 18.3. The van der Waals surface area contributed by atoms with Gasteiger partial charge in [0.2, 0.25) is 5.91 Å². The first-order chi connectivity index (χ1) is 10.0. The molecule has 0 saturated heterocycles. The number of amides is 2. The number of anilines is 2. The van der Waals surface area contributed by atoms with E-state index < -0.39 is 11.3 Å². The first-order valence-electron chi connectivity index (χ1n) is 6.50. The summed E-state index contributed by atoms with van der Waals surface area (Å²) in [4.78, 5) is 23.1. The van der Waals surface area contributed by atoms with Crippen LogP contribution in [0.4, 0.5) is 11.4 Å². The summed E-state index contributed by atoms with van der Waals surface area (Å²) >= 11 is 11.9. The van der Waals surface area contributed by atoms with Gasteiger partial charge in [0.05, 0.1) is 10.7 Å². The van der Waals surface area contributed by atoms with E-state index in [-0.39, 0.29) is 27.4 Å². The Morgan fingerprint density at radius 3 is 2.27 bits per heavy atom. The molecule has 0 heterocycles. The molecule has 0 aliphatic rings. The molecule has 7 heteroatoms. The van der Waals surface area contributed by atoms with Crippen LogP contribution in [0.2, 0.25) is 5.02 Å². The molecule has 1 rings (SSSR count). The number of aliphatic hydroxyl groups excluding tert-OH is 1. The fraction of sp³-hybridized carbons (Fsp3) is 0.333. The lowest BCUT2D eigenvalue weighted by molar-refractivity contribution is -0.114. The molecule has 120 valence electrons. The highest BCUT2D eigenvalue weighted by Crippen LogP contribution is 2.30. The van der Waals surface area contributed by atoms with Crippen LogP contribution in [0.3, 0.4) is 0 Å². The van der Waals surface area contributed by atoms with Gasteiger partial charge in [-0.3, -0.25) is 9.59 Å². The molecule has 0 aliphatic carbocycles. The van der Waals surface area contributed by atoms with Crippen molar-refractivity contribution in [3.05, 3.63) is 34.0 Å². The third kappa shape index (κ3) is 4.93. The van der Waals surface area contributed by atoms with Crippen LogP contribution in [0, 0.1) is 5.41 Å². The molecule has 0 saturated carbocycles. The molecule has 0 radical (unpaired) electrons. The predicted molar refractivity (Wildman–Crippen MR) is 89.3 cm³/mol. The summed E-state index contributed by atoms with van der Waals surface area (Å²) in [5.74, 6) is -1.15. The van der Waals surface area contributed by atoms with Crippen molar-refractivity contribution in [2.24, 2.45) is 5.41 Å². The largest absolute Gasteiger partial charge is 0.510 e. The van der Waals surface area contributed by atoms with E-state index in [0.29, 0.717) is 5.69 Å². The van der Waals surface area contributed by atoms with Gasteiger partial charge in [-0.2, -0.15) is 0 Å². The molecule has 1 aromatic rings. The van der Waals surface area contributed by atoms with E-state index in [1.807, 2.05) is 0 Å². The van der Waals surface area contributed by atoms with Crippen LogP contribution in [0.1, 0.15) is 27.7 Å². The summed E-state index contributed by atoms with van der Waals surface area (Å²) in [7, 11) is 0. The maximum absolute atomic E-state index is 12.1. The third-order valence-electron chi connectivity index (χ3n) is 2.65. The average molecular weight is 345 g/mol. The van der Waals surface area contributed by atoms with Crippen molar-refractivity contribution in [2.45, 2.75) is 27.7 Å². The van der Waals surface area contributed by atoms with Crippen molar-refractivity contribution < 1.29 is 14.7 Å². The first-order valence-corrected chi connectivity index (χ1v) is 7.25. The van der Waals surface area contributed by atoms with Gasteiger partial charge in [0.15, 0.2) is 0 Å². The fourth-order valence-corrected chi connectivity index (χ4v) is 2.01. The molecule has 5 nitrogen and oxygen atoms in total. The monoisotopic (exact) mass is 344 g/mol. The van der Waals surface area contributed by atoms with Crippen LogP contribution in [-0.2, 0) is 9.59 Å². The molecule has 22 heavy (non-hydrogen) atoms. The van der Waals surface area contributed by atoms with E-state index in [4.69, 9.17) is 23.2 Å². The predicted octanol–water partition coefficient (Wildman–Crippen LogP) is 4.29. The molecule has 3 N–H and O–H groups in total. The number of aliphatic hydroxyl groups is 1. The molecule has 0 aromatic heterocycles. The minimum Gasteiger partial charge on any atom is -0.510 e. The number of halogens is 2. The van der Waals surface area contributed by atoms with Crippen LogP contribution in [0.5, 0.6) is 0 Å². The summed E-state index contributed by atoms with van der Waals surface area (Å²) in [6.45, 7) is 6.54. The van der Waals surface area contributed by atoms with E-state index >= 15 is 0 Å². The van der Waals surface area contributed by atoms with E-state index in [1.165, 1.54) is 19.1 Å². The molecule has 0 fully saturated rings. The highest BCUT2D eigenvalue weighted by Gasteiger charge is 2.24. The lowest BCUT2D eigenvalue weighted by Gasteiger charge is -2.19. The molecule has 1 aromatic carbocycles. The van der Waals surface area contributed by atoms with Crippen molar-refractivity contribution >= 4 is 46.4 Å². The van der Waals surface area contributed by atoms with Gasteiger partial charge in [0.25, 0.3) is 5.91 Å². The van der Waals surface area contributed by atoms with Crippen molar-refractivity contribution in [3.63, 3.8) is 0 Å². The summed E-state index contributed by atoms with van der Waals surface area (Å²) in [6, 6.07) is 4.63. The average Bonchev–Trinajstić information content (AvgIpc) is 2.39. The van der Waals surface area contributed by atoms with Gasteiger partial charge >= 0.3 is 0 Å². The molecule has 0 atom stereocenters. The number of nitrogens with one attached hydrogen (secondary N) is 2. The summed E-state index contributed by atoms with van der Waals surface area (Å²) < 4.78 is 0. The number of carbonyl (C=O) groups excluding carboxylic acids is 2. The van der Waals surface area contributed by atoms with E-state index in [1.54, 1.807) is 26.8 Å². The second kappa shape index (κ2) is 7.03. The number of hydrogen-bond acceptors (Lipinski definition) is 3. The summed E-state index contributed by atoms with van der Waals surface area (Å²) in [5, 5.41) is 15.0. The number of allylic oxidation sites excluding steroid dienone is 1. The maximum Gasteiger partial charge on any atom is 0.270 e. The maximum atomic E-state index is 12.1. The Hall–Kier alpha value is -1.72. The Labute approximate surface area is 139 Å². The van der Waals surface area contributed by atoms with Gasteiger partial charge in [0.1, 0.15) is 10.8 Å². The van der Waals surface area contributed by atoms with Crippen LogP contribution in [0.25, 0.3) is 0 Å². The topological polar surface area (TPSA) is 78.4 Å². The minimum atomic E-state index is -0.684. The Bertz CT molecular complexity index is 634. The Morgan fingerprint density at radius 1 is 1.18 bits per heavy atom. The lowest BCUT2D eigenvalue weighted by atomic mass is 9.93. The van der Waals surface area contributed by atoms with Crippen LogP contribution in [0.15, 0.2) is 29.0 Å². The zero-order chi connectivity index (χ0) is 17.1. The number of carbonyl (C=O) groups is 2. The normalized spacial score (nSPS) is 12.5. The number of rotatable bonds is 3. The highest BCUT2D eigenvalue weighted by molar-refractivity contribution is 6.44. The summed E-state index contributed by atoms with van der Waals surface area (Å²) in [6.07, 6.45) is 0. The van der Waals surface area contributed by atoms with Gasteiger partial charge < -0.3 is 15.7 Å². The highest BCUT2D eigenvalue weighted by atomic mass is 35.5. The van der Waals surface area contributed by atoms with E-state index in [9.17, 15) is 14.7 Å². The minimum absolute atomic E-state index is 0.221. The van der Waals surface area contributed by atoms with Crippen molar-refractivity contribution in [2.75, 3.05) is 10.6 Å². The SMILES string of the molecule is CC(=O)Nc1ccc(Cl)c(NC(=O)/C(Cl)=C(\O)C(C)(C)C)c1. The van der Waals surface area contributed by atoms with Crippen LogP contribution < -0.4 is 10.6 Å². The quantitative estimate of drug-likeness (QED) is 0.565. The van der Waals surface area contributed by atoms with Crippen molar-refractivity contribution in [1.82, 2.24) is 0 Å². The Balaban J connectivity index is 3.04. The molecule has 0 unspecified atom stereocenters. The summed E-state index contributed by atoms with van der Waals surface area (Å²) in [5.41, 5.74) is 0.0982. The van der Waals surface area contributed by atoms with Crippen LogP contribution in [-0.4, -0.2) is 16.9 Å². The number of benzene rings is 1. The van der Waals surface area contributed by atoms with Crippen molar-refractivity contribution in [3.8, 4) is 0 Å². The smallest absolute Gasteiger partial charge is 0.270 e. The number of hydrogen-bond donors (Lipinski definition) is 3. The van der Waals surface area contributed by atoms with E-state index in [2.05, 4.69) is 10.6 Å². The molecule has 0 bridgehead atoms. The second-order valence-corrected chi connectivity index (χ2v) is 6.53. The van der Waals surface area contributed by atoms with Gasteiger partial charge in [-0.15, -0.1) is 0 Å². The Morgan fingerprint density at radius 2 is 1.77 bits per heavy atom. The van der Waals surface area contributed by atoms with Gasteiger partial charge in [-0.25, -0.2) is 0 Å². The molecular weight excluding hydrogens is 327 g/mol. The molecular formula is C15H18Cl2N2O3. The third-order valence-corrected chi connectivity index (χ3v) is 3.33. The standard InChI is InChI=1S/C15H18Cl2N2O3/c1-8(20)18-9-5-6-10(16)11(7-9)19-14(22)12(17)13(21)15(2,3)4/h5-7,21H,1-4H3,(H,18,20)(H,19,22)/b13-12+. The van der Waals surface area contributed by atoms with Gasteiger partial charge in [-0.05, 0) is 18.2 Å². The fourth-order valence-electron chi connectivity index (χ4n) is 1.52. The Kier molecular flexibility index (Phi) is 5.85. The second-order valence-electron chi connectivity index (χ2n) is 5.74. The zero-order valence-corrected chi connectivity index (χ0v) is 14.3. The lowest BCUT2D eigenvalue weighted by Crippen LogP contribution is -2.19. The molecule has 0 aliphatic heterocycles. The van der Waals surface area contributed by atoms with Crippen molar-refractivity contribution in [1.29, 1.82) is 0 Å². The van der Waals surface area contributed by atoms with Crippen LogP contribution >= 0.6 is 23.2 Å². The molecule has 2 amide bonds. The van der Waals surface area contributed by atoms with Gasteiger partial charge in [-0.1, -0.05) is 44.0 Å². The molecule has 0 spiro atoms.